The fourth-order valence-corrected chi connectivity index (χ4v) is 52.7. The van der Waals surface area contributed by atoms with Crippen LogP contribution in [0.4, 0.5) is 13.2 Å². The average Bonchev–Trinajstić information content (AvgIpc) is 3.87. The van der Waals surface area contributed by atoms with Crippen LogP contribution in [0.25, 0.3) is 56.0 Å². The quantitative estimate of drug-likeness (QED) is 0.114. The van der Waals surface area contributed by atoms with Crippen LogP contribution >= 0.6 is 17.0 Å². The number of hydrogen-bond donors (Lipinski definition) is 0. The molecular formula is C56H58Cl2F3SiZr. The summed E-state index contributed by atoms with van der Waals surface area (Å²) in [7, 11) is 18.2. The van der Waals surface area contributed by atoms with Crippen LogP contribution in [-0.4, -0.2) is 12.1 Å². The van der Waals surface area contributed by atoms with Crippen LogP contribution in [0.15, 0.2) is 132 Å². The first kappa shape index (κ1) is 43.7. The summed E-state index contributed by atoms with van der Waals surface area (Å²) in [6.45, 7) is 2.16. The van der Waals surface area contributed by atoms with Crippen molar-refractivity contribution in [1.82, 2.24) is 0 Å². The zero-order chi connectivity index (χ0) is 43.4. The first-order valence-electron chi connectivity index (χ1n) is 23.7. The molecule has 0 bridgehead atoms. The molecule has 7 heteroatoms. The Bertz CT molecular complexity index is 2570. The number of hydrogen-bond acceptors (Lipinski definition) is 0. The first-order chi connectivity index (χ1) is 30.4. The van der Waals surface area contributed by atoms with E-state index in [1.807, 2.05) is 0 Å². The molecule has 6 aromatic carbocycles. The van der Waals surface area contributed by atoms with Crippen LogP contribution in [0.1, 0.15) is 113 Å². The minimum absolute atomic E-state index is 0.0571. The molecule has 0 nitrogen and oxygen atoms in total. The number of allylic oxidation sites excluding steroid dienone is 2. The summed E-state index contributed by atoms with van der Waals surface area (Å²) in [5.74, 6) is -1.54. The molecule has 0 heterocycles. The number of rotatable bonds is 11. The molecule has 0 N–H and O–H groups in total. The Kier molecular flexibility index (Phi) is 12.2. The predicted octanol–water partition coefficient (Wildman–Crippen LogP) is 18.1. The number of alkyl halides is 3. The van der Waals surface area contributed by atoms with Gasteiger partial charge in [-0.2, -0.15) is 0 Å². The third-order valence-electron chi connectivity index (χ3n) is 15.8. The van der Waals surface area contributed by atoms with Gasteiger partial charge in [0.25, 0.3) is 0 Å². The third kappa shape index (κ3) is 8.34. The molecule has 10 rings (SSSR count). The Morgan fingerprint density at radius 3 is 1.40 bits per heavy atom. The van der Waals surface area contributed by atoms with Gasteiger partial charge in [-0.05, 0) is 0 Å². The molecule has 3 unspecified atom stereocenters. The van der Waals surface area contributed by atoms with E-state index in [1.54, 1.807) is 0 Å². The second kappa shape index (κ2) is 17.5. The van der Waals surface area contributed by atoms with Crippen molar-refractivity contribution in [3.63, 3.8) is 0 Å². The standard InChI is InChI=1S/2C26H25.C4H8F3Si.2ClH.Zr/c2*1-2-7-19(8-3-1)15-20-16-23-11-6-12-25(26(23)17-20)24-14-13-21-9-4-5-10-22(21)18-24;1-8-3-2-4(5,6)7;;;/h2*4-6,9-14,16-19H,1-3,7-8,15H2;8H,2-3H2,1H3;2*1H;/q;;;;;+2/p-2. The van der Waals surface area contributed by atoms with E-state index in [1.165, 1.54) is 108 Å². The molecule has 0 spiro atoms. The predicted molar refractivity (Wildman–Crippen MR) is 263 cm³/mol. The molecule has 6 aromatic rings. The van der Waals surface area contributed by atoms with Gasteiger partial charge in [0.15, 0.2) is 0 Å². The molecule has 2 saturated carbocycles. The molecule has 0 amide bonds. The zero-order valence-corrected chi connectivity index (χ0v) is 41.5. The monoisotopic (exact) mass is 975 g/mol. The SMILES string of the molecule is C[SiH](CCC(F)(F)F)[Zr]([Cl])([Cl])([CH]1C(CC2CCCCC2)=Cc2c(-c3ccc4ccccc4c3)cccc21)[CH]1C(CC2CCCCC2)=Cc2c(-c3ccc4ccccc4c3)cccc21. The second-order valence-corrected chi connectivity index (χ2v) is 61.1. The number of fused-ring (bicyclic) bond motifs is 4. The Labute approximate surface area is 380 Å². The Morgan fingerprint density at radius 1 is 0.540 bits per heavy atom. The van der Waals surface area contributed by atoms with Crippen molar-refractivity contribution in [3.8, 4) is 22.3 Å². The van der Waals surface area contributed by atoms with Gasteiger partial charge in [-0.15, -0.1) is 0 Å². The van der Waals surface area contributed by atoms with Gasteiger partial charge in [-0.3, -0.25) is 0 Å². The average molecular weight is 978 g/mol. The topological polar surface area (TPSA) is 0 Å². The normalized spacial score (nSPS) is 20.8. The van der Waals surface area contributed by atoms with E-state index < -0.39 is 34.1 Å². The summed E-state index contributed by atoms with van der Waals surface area (Å²) in [4.78, 5) is 0. The minimum atomic E-state index is -5.72. The summed E-state index contributed by atoms with van der Waals surface area (Å²) in [6, 6.07) is 43.7. The molecule has 0 aromatic heterocycles. The Morgan fingerprint density at radius 2 is 0.968 bits per heavy atom. The van der Waals surface area contributed by atoms with E-state index in [-0.39, 0.29) is 13.3 Å². The maximum absolute atomic E-state index is 14.6. The van der Waals surface area contributed by atoms with E-state index in [0.29, 0.717) is 11.8 Å². The van der Waals surface area contributed by atoms with Crippen molar-refractivity contribution in [2.24, 2.45) is 11.8 Å². The Balaban J connectivity index is 1.20. The Hall–Kier alpha value is -3.21. The van der Waals surface area contributed by atoms with E-state index >= 15 is 0 Å². The van der Waals surface area contributed by atoms with Crippen LogP contribution in [0.3, 0.4) is 0 Å². The summed E-state index contributed by atoms with van der Waals surface area (Å²) < 4.78 is 43.2. The van der Waals surface area contributed by atoms with Crippen LogP contribution in [0.5, 0.6) is 0 Å². The van der Waals surface area contributed by atoms with E-state index in [9.17, 15) is 13.2 Å². The molecule has 63 heavy (non-hydrogen) atoms. The van der Waals surface area contributed by atoms with Crippen LogP contribution < -0.4 is 0 Å². The fraction of sp³-hybridized carbons (Fsp3) is 0.357. The number of halogens is 5. The first-order valence-corrected chi connectivity index (χ1v) is 39.7. The van der Waals surface area contributed by atoms with Crippen molar-refractivity contribution in [3.05, 3.63) is 155 Å². The number of benzene rings is 6. The van der Waals surface area contributed by atoms with Gasteiger partial charge in [0, 0.05) is 0 Å². The van der Waals surface area contributed by atoms with Crippen molar-refractivity contribution < 1.29 is 28.7 Å². The molecule has 0 radical (unpaired) electrons. The van der Waals surface area contributed by atoms with Crippen LogP contribution in [0.2, 0.25) is 12.6 Å². The van der Waals surface area contributed by atoms with Crippen LogP contribution in [-0.2, 0) is 15.6 Å². The van der Waals surface area contributed by atoms with Gasteiger partial charge in [-0.25, -0.2) is 0 Å². The van der Waals surface area contributed by atoms with Gasteiger partial charge in [-0.1, -0.05) is 0 Å². The fourth-order valence-electron chi connectivity index (χ4n) is 12.6. The summed E-state index contributed by atoms with van der Waals surface area (Å²) >= 11 is -5.72. The van der Waals surface area contributed by atoms with Crippen molar-refractivity contribution >= 4 is 56.6 Å². The van der Waals surface area contributed by atoms with E-state index in [0.717, 1.165) is 46.2 Å². The third-order valence-corrected chi connectivity index (χ3v) is 66.0. The van der Waals surface area contributed by atoms with Crippen molar-refractivity contribution in [2.45, 2.75) is 109 Å². The van der Waals surface area contributed by atoms with Crippen LogP contribution in [0, 0.1) is 11.8 Å². The van der Waals surface area contributed by atoms with Gasteiger partial charge >= 0.3 is 384 Å². The summed E-state index contributed by atoms with van der Waals surface area (Å²) in [6.07, 6.45) is 13.6. The molecular weight excluding hydrogens is 920 g/mol. The molecule has 2 fully saturated rings. The zero-order valence-electron chi connectivity index (χ0n) is 36.4. The second-order valence-electron chi connectivity index (χ2n) is 19.7. The molecule has 0 aliphatic heterocycles. The van der Waals surface area contributed by atoms with Gasteiger partial charge in [0.1, 0.15) is 0 Å². The van der Waals surface area contributed by atoms with E-state index in [4.69, 9.17) is 17.0 Å². The summed E-state index contributed by atoms with van der Waals surface area (Å²) in [5, 5.41) is 4.76. The van der Waals surface area contributed by atoms with Gasteiger partial charge < -0.3 is 0 Å². The molecule has 4 aliphatic rings. The molecule has 0 saturated heterocycles. The van der Waals surface area contributed by atoms with Crippen molar-refractivity contribution in [2.75, 3.05) is 0 Å². The molecule has 3 atom stereocenters. The van der Waals surface area contributed by atoms with Gasteiger partial charge in [0.05, 0.1) is 0 Å². The van der Waals surface area contributed by atoms with Gasteiger partial charge in [0.2, 0.25) is 0 Å². The molecule has 325 valence electrons. The van der Waals surface area contributed by atoms with Crippen molar-refractivity contribution in [1.29, 1.82) is 0 Å². The molecule has 4 aliphatic carbocycles. The maximum atomic E-state index is 14.6. The van der Waals surface area contributed by atoms with E-state index in [2.05, 4.69) is 140 Å². The summed E-state index contributed by atoms with van der Waals surface area (Å²) in [5.41, 5.74) is 11.8.